The number of ether oxygens (including phenoxy) is 2. The van der Waals surface area contributed by atoms with Crippen LogP contribution < -0.4 is 9.47 Å². The molecule has 0 spiro atoms. The van der Waals surface area contributed by atoms with Crippen LogP contribution in [0.1, 0.15) is 25.0 Å². The molecule has 0 unspecified atom stereocenters. The average molecular weight is 397 g/mol. The summed E-state index contributed by atoms with van der Waals surface area (Å²) < 4.78 is 13.3. The fourth-order valence-corrected chi connectivity index (χ4v) is 2.73. The van der Waals surface area contributed by atoms with Crippen LogP contribution in [0.2, 0.25) is 0 Å². The summed E-state index contributed by atoms with van der Waals surface area (Å²) in [4.78, 5) is 0. The lowest BCUT2D eigenvalue weighted by Gasteiger charge is -2.12. The molecule has 0 saturated heterocycles. The first-order chi connectivity index (χ1) is 13.5. The molecule has 0 radical (unpaired) electrons. The van der Waals surface area contributed by atoms with Crippen molar-refractivity contribution >= 4 is 18.4 Å². The maximum absolute atomic E-state index is 5.79. The number of hydrogen-bond acceptors (Lipinski definition) is 5. The van der Waals surface area contributed by atoms with Crippen LogP contribution in [-0.4, -0.2) is 34.8 Å². The summed E-state index contributed by atoms with van der Waals surface area (Å²) in [6.45, 7) is 6.89. The number of methoxy groups -OCH3 is 1. The van der Waals surface area contributed by atoms with Gasteiger partial charge in [0.25, 0.3) is 0 Å². The van der Waals surface area contributed by atoms with E-state index in [1.54, 1.807) is 18.0 Å². The molecule has 0 aliphatic rings. The monoisotopic (exact) mass is 396 g/mol. The number of benzene rings is 2. The van der Waals surface area contributed by atoms with E-state index in [-0.39, 0.29) is 0 Å². The van der Waals surface area contributed by atoms with Gasteiger partial charge in [0.15, 0.2) is 17.3 Å². The van der Waals surface area contributed by atoms with Crippen LogP contribution in [0.25, 0.3) is 11.4 Å². The molecule has 1 N–H and O–H groups in total. The number of aromatic nitrogens is 3. The van der Waals surface area contributed by atoms with E-state index >= 15 is 0 Å². The standard InChI is InChI=1S/C21H24N4O2S/c1-14(2)13-27-18-10-7-16(11-19(18)26-4)12-22-25-20(23-24-21(25)28)17-8-5-15(3)6-9-17/h5-12,14H,13H2,1-4H3,(H,24,28)/b22-12-. The predicted octanol–water partition coefficient (Wildman–Crippen LogP) is 4.84. The molecular weight excluding hydrogens is 372 g/mol. The summed E-state index contributed by atoms with van der Waals surface area (Å²) in [5.74, 6) is 2.48. The van der Waals surface area contributed by atoms with E-state index in [0.717, 1.165) is 11.1 Å². The van der Waals surface area contributed by atoms with Crippen molar-refractivity contribution in [1.82, 2.24) is 14.9 Å². The second kappa shape index (κ2) is 8.84. The average Bonchev–Trinajstić information content (AvgIpc) is 3.06. The molecule has 0 bridgehead atoms. The molecule has 7 heteroatoms. The summed E-state index contributed by atoms with van der Waals surface area (Å²) in [6.07, 6.45) is 1.72. The van der Waals surface area contributed by atoms with Gasteiger partial charge in [-0.15, -0.1) is 0 Å². The molecule has 0 aliphatic heterocycles. The molecule has 2 aromatic carbocycles. The highest BCUT2D eigenvalue weighted by Crippen LogP contribution is 2.28. The van der Waals surface area contributed by atoms with Gasteiger partial charge in [-0.1, -0.05) is 43.7 Å². The second-order valence-corrected chi connectivity index (χ2v) is 7.28. The maximum Gasteiger partial charge on any atom is 0.216 e. The Morgan fingerprint density at radius 2 is 1.93 bits per heavy atom. The van der Waals surface area contributed by atoms with Crippen molar-refractivity contribution in [2.75, 3.05) is 13.7 Å². The Balaban J connectivity index is 1.87. The largest absolute Gasteiger partial charge is 0.493 e. The molecule has 3 aromatic rings. The first-order valence-corrected chi connectivity index (χ1v) is 9.48. The lowest BCUT2D eigenvalue weighted by molar-refractivity contribution is 0.257. The van der Waals surface area contributed by atoms with Crippen molar-refractivity contribution in [3.05, 3.63) is 58.4 Å². The third-order valence-corrected chi connectivity index (χ3v) is 4.31. The van der Waals surface area contributed by atoms with E-state index < -0.39 is 0 Å². The van der Waals surface area contributed by atoms with E-state index in [9.17, 15) is 0 Å². The number of aryl methyl sites for hydroxylation is 1. The number of nitrogens with zero attached hydrogens (tertiary/aromatic N) is 3. The van der Waals surface area contributed by atoms with Crippen LogP contribution >= 0.6 is 12.2 Å². The smallest absolute Gasteiger partial charge is 0.216 e. The maximum atomic E-state index is 5.79. The normalized spacial score (nSPS) is 11.3. The SMILES string of the molecule is COc1cc(/C=N\n2c(-c3ccc(C)cc3)n[nH]c2=S)ccc1OCC(C)C. The van der Waals surface area contributed by atoms with Gasteiger partial charge in [-0.05, 0) is 48.8 Å². The van der Waals surface area contributed by atoms with E-state index in [1.807, 2.05) is 49.4 Å². The number of H-pyrrole nitrogens is 1. The van der Waals surface area contributed by atoms with Crippen LogP contribution in [0.5, 0.6) is 11.5 Å². The van der Waals surface area contributed by atoms with Gasteiger partial charge in [-0.3, -0.25) is 0 Å². The Labute approximate surface area is 169 Å². The third kappa shape index (κ3) is 4.67. The van der Waals surface area contributed by atoms with Crippen LogP contribution in [0.3, 0.4) is 0 Å². The molecule has 6 nitrogen and oxygen atoms in total. The van der Waals surface area contributed by atoms with Crippen LogP contribution in [0.15, 0.2) is 47.6 Å². The van der Waals surface area contributed by atoms with Gasteiger partial charge in [0.2, 0.25) is 4.77 Å². The molecule has 146 valence electrons. The van der Waals surface area contributed by atoms with Crippen molar-refractivity contribution in [1.29, 1.82) is 0 Å². The molecule has 0 amide bonds. The Morgan fingerprint density at radius 3 is 2.61 bits per heavy atom. The number of hydrogen-bond donors (Lipinski definition) is 1. The molecule has 1 aromatic heterocycles. The highest BCUT2D eigenvalue weighted by molar-refractivity contribution is 7.71. The minimum Gasteiger partial charge on any atom is -0.493 e. The Hall–Kier alpha value is -2.93. The van der Waals surface area contributed by atoms with Gasteiger partial charge < -0.3 is 9.47 Å². The van der Waals surface area contributed by atoms with E-state index in [1.165, 1.54) is 5.56 Å². The number of aromatic amines is 1. The number of nitrogens with one attached hydrogen (secondary N) is 1. The van der Waals surface area contributed by atoms with Gasteiger partial charge in [0, 0.05) is 5.56 Å². The summed E-state index contributed by atoms with van der Waals surface area (Å²) in [6, 6.07) is 13.7. The highest BCUT2D eigenvalue weighted by atomic mass is 32.1. The van der Waals surface area contributed by atoms with Crippen molar-refractivity contribution in [2.45, 2.75) is 20.8 Å². The molecule has 0 aliphatic carbocycles. The fraction of sp³-hybridized carbons (Fsp3) is 0.286. The Bertz CT molecular complexity index is 1020. The van der Waals surface area contributed by atoms with Gasteiger partial charge >= 0.3 is 0 Å². The highest BCUT2D eigenvalue weighted by Gasteiger charge is 2.09. The predicted molar refractivity (Wildman–Crippen MR) is 114 cm³/mol. The molecule has 3 rings (SSSR count). The molecular formula is C21H24N4O2S. The first kappa shape index (κ1) is 19.8. The van der Waals surface area contributed by atoms with Crippen molar-refractivity contribution in [3.63, 3.8) is 0 Å². The molecule has 0 fully saturated rings. The summed E-state index contributed by atoms with van der Waals surface area (Å²) in [5, 5.41) is 11.6. The molecule has 28 heavy (non-hydrogen) atoms. The van der Waals surface area contributed by atoms with Gasteiger partial charge in [0.1, 0.15) is 0 Å². The third-order valence-electron chi connectivity index (χ3n) is 4.04. The van der Waals surface area contributed by atoms with Gasteiger partial charge in [-0.25, -0.2) is 5.10 Å². The molecule has 1 heterocycles. The quantitative estimate of drug-likeness (QED) is 0.458. The summed E-state index contributed by atoms with van der Waals surface area (Å²) >= 11 is 5.33. The van der Waals surface area contributed by atoms with Gasteiger partial charge in [-0.2, -0.15) is 14.9 Å². The lowest BCUT2D eigenvalue weighted by atomic mass is 10.1. The Kier molecular flexibility index (Phi) is 6.26. The van der Waals surface area contributed by atoms with E-state index in [2.05, 4.69) is 29.1 Å². The lowest BCUT2D eigenvalue weighted by Crippen LogP contribution is -2.05. The van der Waals surface area contributed by atoms with Crippen molar-refractivity contribution < 1.29 is 9.47 Å². The van der Waals surface area contributed by atoms with Crippen LogP contribution in [0, 0.1) is 17.6 Å². The zero-order valence-electron chi connectivity index (χ0n) is 16.5. The fourth-order valence-electron chi connectivity index (χ4n) is 2.55. The summed E-state index contributed by atoms with van der Waals surface area (Å²) in [7, 11) is 1.63. The minimum absolute atomic E-state index is 0.427. The molecule has 0 atom stereocenters. The van der Waals surface area contributed by atoms with E-state index in [0.29, 0.717) is 34.6 Å². The van der Waals surface area contributed by atoms with Crippen molar-refractivity contribution in [2.24, 2.45) is 11.0 Å². The number of rotatable bonds is 7. The minimum atomic E-state index is 0.427. The first-order valence-electron chi connectivity index (χ1n) is 9.07. The zero-order valence-corrected chi connectivity index (χ0v) is 17.3. The van der Waals surface area contributed by atoms with E-state index in [4.69, 9.17) is 21.7 Å². The van der Waals surface area contributed by atoms with Crippen molar-refractivity contribution in [3.8, 4) is 22.9 Å². The molecule has 0 saturated carbocycles. The second-order valence-electron chi connectivity index (χ2n) is 6.89. The van der Waals surface area contributed by atoms with Crippen LogP contribution in [0.4, 0.5) is 0 Å². The summed E-state index contributed by atoms with van der Waals surface area (Å²) in [5.41, 5.74) is 2.98. The topological polar surface area (TPSA) is 64.4 Å². The zero-order chi connectivity index (χ0) is 20.1. The van der Waals surface area contributed by atoms with Crippen LogP contribution in [-0.2, 0) is 0 Å². The Morgan fingerprint density at radius 1 is 1.18 bits per heavy atom. The van der Waals surface area contributed by atoms with Gasteiger partial charge in [0.05, 0.1) is 19.9 Å².